The molecule has 0 aliphatic carbocycles. The number of rotatable bonds is 11. The summed E-state index contributed by atoms with van der Waals surface area (Å²) in [5.41, 5.74) is 2.15. The van der Waals surface area contributed by atoms with Crippen LogP contribution in [0.2, 0.25) is 5.02 Å². The van der Waals surface area contributed by atoms with Crippen molar-refractivity contribution in [1.29, 1.82) is 0 Å². The average molecular weight is 513 g/mol. The maximum Gasteiger partial charge on any atom is 0.209 e. The van der Waals surface area contributed by atoms with Crippen LogP contribution in [0.4, 0.5) is 0 Å². The predicted octanol–water partition coefficient (Wildman–Crippen LogP) is 4.49. The van der Waals surface area contributed by atoms with E-state index in [0.29, 0.717) is 23.1 Å². The van der Waals surface area contributed by atoms with Crippen LogP contribution in [0.15, 0.2) is 46.0 Å². The Balaban J connectivity index is 1.48. The molecule has 0 spiro atoms. The van der Waals surface area contributed by atoms with E-state index in [0.717, 1.165) is 46.0 Å². The molecule has 3 rings (SSSR count). The fourth-order valence-corrected chi connectivity index (χ4v) is 4.03. The third kappa shape index (κ3) is 6.60. The summed E-state index contributed by atoms with van der Waals surface area (Å²) in [6.45, 7) is 2.06. The lowest BCUT2D eigenvalue weighted by Crippen LogP contribution is -2.16. The zero-order chi connectivity index (χ0) is 21.3. The number of aryl methyl sites for hydroxylation is 1. The van der Waals surface area contributed by atoms with E-state index in [-0.39, 0.29) is 0 Å². The van der Waals surface area contributed by atoms with Crippen LogP contribution >= 0.6 is 39.3 Å². The summed E-state index contributed by atoms with van der Waals surface area (Å²) >= 11 is 11.2. The smallest absolute Gasteiger partial charge is 0.209 e. The first-order valence-electron chi connectivity index (χ1n) is 9.36. The molecule has 1 N–H and O–H groups in total. The largest absolute Gasteiger partial charge is 0.493 e. The third-order valence-corrected chi connectivity index (χ3v) is 6.35. The van der Waals surface area contributed by atoms with Gasteiger partial charge in [-0.05, 0) is 58.8 Å². The van der Waals surface area contributed by atoms with Gasteiger partial charge in [0.1, 0.15) is 6.61 Å². The number of methoxy groups -OCH3 is 1. The first kappa shape index (κ1) is 22.9. The van der Waals surface area contributed by atoms with Gasteiger partial charge in [-0.15, -0.1) is 5.10 Å². The summed E-state index contributed by atoms with van der Waals surface area (Å²) in [7, 11) is 3.49. The summed E-state index contributed by atoms with van der Waals surface area (Å²) in [4.78, 5) is 0. The molecule has 0 amide bonds. The van der Waals surface area contributed by atoms with Gasteiger partial charge in [0.05, 0.1) is 7.11 Å². The Morgan fingerprint density at radius 1 is 1.20 bits per heavy atom. The van der Waals surface area contributed by atoms with Gasteiger partial charge in [-0.1, -0.05) is 51.4 Å². The molecule has 2 aromatic carbocycles. The topological polar surface area (TPSA) is 74.1 Å². The van der Waals surface area contributed by atoms with Crippen LogP contribution in [0.25, 0.3) is 0 Å². The van der Waals surface area contributed by atoms with Gasteiger partial charge >= 0.3 is 0 Å². The van der Waals surface area contributed by atoms with Gasteiger partial charge < -0.3 is 14.8 Å². The predicted molar refractivity (Wildman–Crippen MR) is 122 cm³/mol. The Bertz CT molecular complexity index is 955. The summed E-state index contributed by atoms with van der Waals surface area (Å²) in [5, 5.41) is 16.4. The van der Waals surface area contributed by atoms with E-state index < -0.39 is 0 Å². The van der Waals surface area contributed by atoms with Gasteiger partial charge in [0.2, 0.25) is 5.16 Å². The molecule has 0 bridgehead atoms. The fourth-order valence-electron chi connectivity index (χ4n) is 2.65. The number of nitrogens with one attached hydrogen (secondary N) is 1. The molecule has 1 heterocycles. The van der Waals surface area contributed by atoms with E-state index in [1.807, 2.05) is 43.4 Å². The maximum atomic E-state index is 5.95. The molecule has 30 heavy (non-hydrogen) atoms. The van der Waals surface area contributed by atoms with Crippen molar-refractivity contribution in [2.24, 2.45) is 7.05 Å². The number of hydrogen-bond donors (Lipinski definition) is 1. The lowest BCUT2D eigenvalue weighted by atomic mass is 10.2. The van der Waals surface area contributed by atoms with Crippen LogP contribution < -0.4 is 14.8 Å². The molecule has 10 heteroatoms. The zero-order valence-electron chi connectivity index (χ0n) is 16.8. The summed E-state index contributed by atoms with van der Waals surface area (Å²) in [5.74, 6) is 2.34. The number of hydrogen-bond acceptors (Lipinski definition) is 7. The van der Waals surface area contributed by atoms with Crippen molar-refractivity contribution >= 4 is 39.3 Å². The minimum atomic E-state index is 0.441. The van der Waals surface area contributed by atoms with E-state index in [4.69, 9.17) is 21.1 Å². The molecule has 0 aliphatic heterocycles. The molecule has 0 saturated heterocycles. The minimum Gasteiger partial charge on any atom is -0.493 e. The van der Waals surface area contributed by atoms with Crippen molar-refractivity contribution in [2.45, 2.75) is 24.7 Å². The number of benzene rings is 2. The van der Waals surface area contributed by atoms with E-state index >= 15 is 0 Å². The molecule has 3 aromatic rings. The van der Waals surface area contributed by atoms with E-state index in [2.05, 4.69) is 36.8 Å². The highest BCUT2D eigenvalue weighted by atomic mass is 79.9. The minimum absolute atomic E-state index is 0.441. The quantitative estimate of drug-likeness (QED) is 0.300. The number of ether oxygens (including phenoxy) is 2. The zero-order valence-corrected chi connectivity index (χ0v) is 19.9. The monoisotopic (exact) mass is 511 g/mol. The van der Waals surface area contributed by atoms with Crippen molar-refractivity contribution in [3.63, 3.8) is 0 Å². The summed E-state index contributed by atoms with van der Waals surface area (Å²) in [6, 6.07) is 11.5. The molecular formula is C20H23BrClN5O2S. The first-order valence-corrected chi connectivity index (χ1v) is 11.5. The molecule has 0 fully saturated rings. The second-order valence-corrected chi connectivity index (χ2v) is 8.83. The third-order valence-electron chi connectivity index (χ3n) is 4.27. The molecule has 160 valence electrons. The molecule has 0 radical (unpaired) electrons. The van der Waals surface area contributed by atoms with Gasteiger partial charge in [0, 0.05) is 28.8 Å². The highest BCUT2D eigenvalue weighted by Gasteiger charge is 2.11. The van der Waals surface area contributed by atoms with Crippen LogP contribution in [0.3, 0.4) is 0 Å². The fraction of sp³-hybridized carbons (Fsp3) is 0.350. The van der Waals surface area contributed by atoms with E-state index in [9.17, 15) is 0 Å². The van der Waals surface area contributed by atoms with Gasteiger partial charge in [0.25, 0.3) is 0 Å². The molecule has 0 atom stereocenters. The number of thioether (sulfide) groups is 1. The van der Waals surface area contributed by atoms with Crippen LogP contribution in [0.1, 0.15) is 17.5 Å². The second-order valence-electron chi connectivity index (χ2n) is 6.47. The van der Waals surface area contributed by atoms with Crippen molar-refractivity contribution in [3.05, 3.63) is 57.0 Å². The Morgan fingerprint density at radius 3 is 2.70 bits per heavy atom. The van der Waals surface area contributed by atoms with Crippen molar-refractivity contribution < 1.29 is 9.47 Å². The van der Waals surface area contributed by atoms with E-state index in [1.165, 1.54) is 0 Å². The number of tetrazole rings is 1. The van der Waals surface area contributed by atoms with Crippen molar-refractivity contribution in [2.75, 3.05) is 19.4 Å². The van der Waals surface area contributed by atoms with Crippen molar-refractivity contribution in [1.82, 2.24) is 25.5 Å². The SMILES string of the molecule is COc1cc(CNCCCSc2nnnn2C)c(Br)cc1OCc1ccc(Cl)cc1. The molecule has 0 saturated carbocycles. The highest BCUT2D eigenvalue weighted by molar-refractivity contribution is 9.10. The van der Waals surface area contributed by atoms with Crippen LogP contribution in [-0.2, 0) is 20.2 Å². The first-order chi connectivity index (χ1) is 14.6. The van der Waals surface area contributed by atoms with Crippen LogP contribution in [0, 0.1) is 0 Å². The number of halogens is 2. The Labute approximate surface area is 193 Å². The molecule has 0 unspecified atom stereocenters. The molecule has 7 nitrogen and oxygen atoms in total. The van der Waals surface area contributed by atoms with Gasteiger partial charge in [-0.25, -0.2) is 4.68 Å². The summed E-state index contributed by atoms with van der Waals surface area (Å²) in [6.07, 6.45) is 1.01. The van der Waals surface area contributed by atoms with Crippen LogP contribution in [-0.4, -0.2) is 39.6 Å². The van der Waals surface area contributed by atoms with E-state index in [1.54, 1.807) is 23.6 Å². The maximum absolute atomic E-state index is 5.95. The number of nitrogens with zero attached hydrogens (tertiary/aromatic N) is 4. The average Bonchev–Trinajstić information content (AvgIpc) is 3.16. The Morgan fingerprint density at radius 2 is 2.00 bits per heavy atom. The number of aromatic nitrogens is 4. The molecular weight excluding hydrogens is 490 g/mol. The second kappa shape index (κ2) is 11.5. The molecule has 1 aromatic heterocycles. The lowest BCUT2D eigenvalue weighted by Gasteiger charge is -2.14. The normalized spacial score (nSPS) is 10.9. The standard InChI is InChI=1S/C20H23BrClN5O2S/c1-27-20(24-25-26-27)30-9-3-8-23-12-15-10-18(28-2)19(11-17(15)21)29-13-14-4-6-16(22)7-5-14/h4-7,10-11,23H,3,8-9,12-13H2,1-2H3. The van der Waals surface area contributed by atoms with Gasteiger partial charge in [-0.3, -0.25) is 0 Å². The lowest BCUT2D eigenvalue weighted by molar-refractivity contribution is 0.284. The van der Waals surface area contributed by atoms with Crippen LogP contribution in [0.5, 0.6) is 11.5 Å². The van der Waals surface area contributed by atoms with Gasteiger partial charge in [0.15, 0.2) is 11.5 Å². The molecule has 0 aliphatic rings. The highest BCUT2D eigenvalue weighted by Crippen LogP contribution is 2.34. The summed E-state index contributed by atoms with van der Waals surface area (Å²) < 4.78 is 14.1. The Hall–Kier alpha value is -1.81. The Kier molecular flexibility index (Phi) is 8.80. The van der Waals surface area contributed by atoms with Gasteiger partial charge in [-0.2, -0.15) is 0 Å². The van der Waals surface area contributed by atoms with Crippen molar-refractivity contribution in [3.8, 4) is 11.5 Å².